The van der Waals surface area contributed by atoms with Gasteiger partial charge < -0.3 is 31.2 Å². The van der Waals surface area contributed by atoms with Crippen molar-refractivity contribution in [3.8, 4) is 34.1 Å². The van der Waals surface area contributed by atoms with Gasteiger partial charge >= 0.3 is 0 Å². The van der Waals surface area contributed by atoms with Crippen molar-refractivity contribution < 1.29 is 71.6 Å². The fraction of sp³-hybridized carbons (Fsp3) is 0.158. The quantitative estimate of drug-likeness (QED) is 0.0249. The standard InChI is InChI=1S/C38H36N6O16S4.4Na/c1-3-9-59-29-13-19(5-7-27(29)41-43-35-31(63(53,54)55)15-21-11-23(61(47,48)49)17-25(39)33(21)37(35)45)20-6-8-28(30(14-20)60-10-4-2)42-44-36-32(64(56,57)58)16-22-12-24(62(50,51)52)18-26(40)34(22)38(36)46;;;;/h5-8,11-18,45-46H,3-4,9-10,39-40H2,1-2H3,(H,47,48,49)(H,50,51,52)(H,53,54,55)(H,56,57,58);;;;. The van der Waals surface area contributed by atoms with Gasteiger partial charge in [-0.05, 0) is 95.4 Å². The maximum Gasteiger partial charge on any atom is 0.296 e. The van der Waals surface area contributed by atoms with Gasteiger partial charge in [0.2, 0.25) is 0 Å². The predicted octanol–water partition coefficient (Wildman–Crippen LogP) is 6.11. The molecule has 342 valence electrons. The monoisotopic (exact) mass is 1050 g/mol. The molecule has 6 aromatic carbocycles. The molecule has 6 rings (SSSR count). The number of ether oxygens (including phenoxy) is 2. The third-order valence-electron chi connectivity index (χ3n) is 9.15. The van der Waals surface area contributed by atoms with Crippen LogP contribution in [0, 0.1) is 0 Å². The van der Waals surface area contributed by atoms with Crippen LogP contribution >= 0.6 is 0 Å². The summed E-state index contributed by atoms with van der Waals surface area (Å²) in [4.78, 5) is -3.36. The van der Waals surface area contributed by atoms with E-state index in [9.17, 15) is 62.1 Å². The Morgan fingerprint density at radius 3 is 1.12 bits per heavy atom. The minimum Gasteiger partial charge on any atom is -0.505 e. The van der Waals surface area contributed by atoms with Crippen LogP contribution in [0.25, 0.3) is 32.7 Å². The molecular formula is C38H36N6Na4O16S4. The van der Waals surface area contributed by atoms with Gasteiger partial charge in [0.05, 0.1) is 23.0 Å². The Balaban J connectivity index is 0.00000397. The van der Waals surface area contributed by atoms with Crippen LogP contribution in [-0.4, -0.2) is 194 Å². The number of aromatic hydroxyl groups is 2. The summed E-state index contributed by atoms with van der Waals surface area (Å²) >= 11 is 0. The van der Waals surface area contributed by atoms with Crippen LogP contribution in [0.1, 0.15) is 26.7 Å². The van der Waals surface area contributed by atoms with Crippen molar-refractivity contribution in [1.29, 1.82) is 0 Å². The first kappa shape index (κ1) is 61.6. The first-order chi connectivity index (χ1) is 29.8. The number of phenolic OH excluding ortho intramolecular Hbond substituents is 2. The van der Waals surface area contributed by atoms with E-state index in [1.54, 1.807) is 24.3 Å². The topological polar surface area (TPSA) is 378 Å². The Morgan fingerprint density at radius 2 is 0.824 bits per heavy atom. The van der Waals surface area contributed by atoms with Crippen molar-refractivity contribution in [3.63, 3.8) is 0 Å². The summed E-state index contributed by atoms with van der Waals surface area (Å²) < 4.78 is 148. The fourth-order valence-corrected chi connectivity index (χ4v) is 8.70. The number of anilines is 2. The van der Waals surface area contributed by atoms with E-state index >= 15 is 0 Å². The molecule has 0 bridgehead atoms. The molecule has 30 heteroatoms. The van der Waals surface area contributed by atoms with E-state index in [2.05, 4.69) is 20.5 Å². The van der Waals surface area contributed by atoms with Gasteiger partial charge in [0.1, 0.15) is 44.0 Å². The van der Waals surface area contributed by atoms with Gasteiger partial charge in [-0.15, -0.1) is 20.5 Å². The SMILES string of the molecule is CCCOc1cc(-c2ccc(N=Nc3c(S(=O)(=O)O)cc4cc(S(=O)(=O)O)cc(N)c4c3O)c(OCCC)c2)ccc1N=Nc1c(S(=O)(=O)O)cc2cc(S(=O)(=O)O)cc(N)c2c1O.[Na].[Na].[Na].[Na]. The summed E-state index contributed by atoms with van der Waals surface area (Å²) in [5.74, 6) is -1.55. The number of nitrogens with two attached hydrogens (primary N) is 2. The Hall–Kier alpha value is -2.52. The summed E-state index contributed by atoms with van der Waals surface area (Å²) in [5.41, 5.74) is 10.7. The molecule has 0 unspecified atom stereocenters. The van der Waals surface area contributed by atoms with Crippen LogP contribution in [0.5, 0.6) is 23.0 Å². The number of benzene rings is 6. The van der Waals surface area contributed by atoms with E-state index < -0.39 is 82.9 Å². The molecule has 0 atom stereocenters. The van der Waals surface area contributed by atoms with Crippen molar-refractivity contribution in [3.05, 3.63) is 72.8 Å². The smallest absolute Gasteiger partial charge is 0.296 e. The first-order valence-electron chi connectivity index (χ1n) is 18.3. The average Bonchev–Trinajstić information content (AvgIpc) is 3.19. The van der Waals surface area contributed by atoms with Crippen molar-refractivity contribution in [2.24, 2.45) is 20.5 Å². The molecule has 0 amide bonds. The number of nitrogens with zero attached hydrogens (tertiary/aromatic N) is 4. The molecule has 6 aromatic rings. The second-order valence-corrected chi connectivity index (χ2v) is 19.4. The Morgan fingerprint density at radius 1 is 0.485 bits per heavy atom. The van der Waals surface area contributed by atoms with E-state index in [4.69, 9.17) is 20.9 Å². The first-order valence-corrected chi connectivity index (χ1v) is 24.0. The van der Waals surface area contributed by atoms with Crippen molar-refractivity contribution in [2.45, 2.75) is 46.3 Å². The molecular weight excluding hydrogens is 1020 g/mol. The van der Waals surface area contributed by atoms with Crippen LogP contribution < -0.4 is 20.9 Å². The van der Waals surface area contributed by atoms with Crippen LogP contribution in [0.2, 0.25) is 0 Å². The zero-order chi connectivity index (χ0) is 47.1. The van der Waals surface area contributed by atoms with E-state index in [1.807, 2.05) is 13.8 Å². The Labute approximate surface area is 478 Å². The molecule has 4 radical (unpaired) electrons. The average molecular weight is 1050 g/mol. The van der Waals surface area contributed by atoms with Gasteiger partial charge in [-0.3, -0.25) is 18.2 Å². The predicted molar refractivity (Wildman–Crippen MR) is 254 cm³/mol. The van der Waals surface area contributed by atoms with E-state index in [0.717, 1.165) is 36.4 Å². The number of fused-ring (bicyclic) bond motifs is 2. The third-order valence-corrected chi connectivity index (χ3v) is 12.5. The van der Waals surface area contributed by atoms with Gasteiger partial charge in [0.15, 0.2) is 11.5 Å². The maximum absolute atomic E-state index is 12.5. The molecule has 0 aliphatic heterocycles. The molecule has 22 nitrogen and oxygen atoms in total. The summed E-state index contributed by atoms with van der Waals surface area (Å²) in [7, 11) is -19.9. The molecule has 0 spiro atoms. The number of phenols is 2. The minimum absolute atomic E-state index is 0. The zero-order valence-electron chi connectivity index (χ0n) is 37.1. The van der Waals surface area contributed by atoms with E-state index in [-0.39, 0.29) is 187 Å². The summed E-state index contributed by atoms with van der Waals surface area (Å²) in [5, 5.41) is 37.3. The summed E-state index contributed by atoms with van der Waals surface area (Å²) in [6.07, 6.45) is 1.06. The van der Waals surface area contributed by atoms with Crippen LogP contribution in [0.4, 0.5) is 34.1 Å². The van der Waals surface area contributed by atoms with Crippen molar-refractivity contribution in [1.82, 2.24) is 0 Å². The van der Waals surface area contributed by atoms with Gasteiger partial charge in [-0.2, -0.15) is 33.7 Å². The third kappa shape index (κ3) is 13.9. The van der Waals surface area contributed by atoms with Gasteiger partial charge in [0, 0.05) is 140 Å². The maximum atomic E-state index is 12.5. The fourth-order valence-electron chi connectivity index (χ4n) is 6.28. The van der Waals surface area contributed by atoms with E-state index in [0.29, 0.717) is 24.0 Å². The molecule has 10 N–H and O–H groups in total. The molecule has 0 aliphatic carbocycles. The number of hydrogen-bond acceptors (Lipinski definition) is 18. The van der Waals surface area contributed by atoms with Crippen LogP contribution in [-0.2, 0) is 40.5 Å². The zero-order valence-corrected chi connectivity index (χ0v) is 48.4. The molecule has 0 aliphatic rings. The molecule has 0 aromatic heterocycles. The summed E-state index contributed by atoms with van der Waals surface area (Å²) in [6, 6.07) is 14.0. The molecule has 0 fully saturated rings. The van der Waals surface area contributed by atoms with Gasteiger partial charge in [-0.1, -0.05) is 26.0 Å². The van der Waals surface area contributed by atoms with E-state index in [1.165, 1.54) is 12.1 Å². The van der Waals surface area contributed by atoms with Gasteiger partial charge in [0.25, 0.3) is 40.5 Å². The molecule has 0 saturated heterocycles. The number of nitrogen functional groups attached to an aromatic ring is 2. The van der Waals surface area contributed by atoms with Crippen molar-refractivity contribution in [2.75, 3.05) is 24.7 Å². The number of rotatable bonds is 15. The molecule has 0 heterocycles. The number of hydrogen-bond donors (Lipinski definition) is 8. The Kier molecular flexibility index (Phi) is 22.0. The largest absolute Gasteiger partial charge is 0.505 e. The second kappa shape index (κ2) is 24.3. The minimum atomic E-state index is -5.15. The van der Waals surface area contributed by atoms with Crippen LogP contribution in [0.3, 0.4) is 0 Å². The van der Waals surface area contributed by atoms with Crippen molar-refractivity contribution >= 4 is 214 Å². The summed E-state index contributed by atoms with van der Waals surface area (Å²) in [6.45, 7) is 3.98. The second-order valence-electron chi connectivity index (χ2n) is 13.7. The molecule has 68 heavy (non-hydrogen) atoms. The molecule has 0 saturated carbocycles. The Bertz CT molecular complexity index is 3210. The normalized spacial score (nSPS) is 12.0. The van der Waals surface area contributed by atoms with Crippen LogP contribution in [0.15, 0.2) is 113 Å². The van der Waals surface area contributed by atoms with Gasteiger partial charge in [-0.25, -0.2) is 0 Å². The number of azo groups is 2.